The van der Waals surface area contributed by atoms with Gasteiger partial charge in [-0.15, -0.1) is 13.2 Å². The summed E-state index contributed by atoms with van der Waals surface area (Å²) in [4.78, 5) is 12.4. The molecule has 0 spiro atoms. The van der Waals surface area contributed by atoms with Crippen LogP contribution in [0.4, 0.5) is 18.9 Å². The number of hydrogen-bond acceptors (Lipinski definition) is 5. The van der Waals surface area contributed by atoms with Gasteiger partial charge in [0.1, 0.15) is 11.4 Å². The third kappa shape index (κ3) is 6.86. The Hall–Kier alpha value is -1.85. The van der Waals surface area contributed by atoms with E-state index in [9.17, 15) is 31.5 Å². The molecule has 1 saturated heterocycles. The summed E-state index contributed by atoms with van der Waals surface area (Å²) < 4.78 is 66.5. The normalized spacial score (nSPS) is 18.3. The molecule has 2 rings (SSSR count). The highest BCUT2D eigenvalue weighted by molar-refractivity contribution is 7.89. The first-order chi connectivity index (χ1) is 13.1. The molecule has 2 N–H and O–H groups in total. The van der Waals surface area contributed by atoms with Crippen LogP contribution in [0.2, 0.25) is 0 Å². The predicted octanol–water partition coefficient (Wildman–Crippen LogP) is 2.73. The summed E-state index contributed by atoms with van der Waals surface area (Å²) in [7, 11) is -3.51. The maximum Gasteiger partial charge on any atom is 0.573 e. The van der Waals surface area contributed by atoms with Crippen molar-refractivity contribution in [3.8, 4) is 5.75 Å². The van der Waals surface area contributed by atoms with Crippen LogP contribution in [0.3, 0.4) is 0 Å². The number of ether oxygens (including phenoxy) is 1. The van der Waals surface area contributed by atoms with Crippen molar-refractivity contribution < 1.29 is 36.2 Å². The molecule has 1 fully saturated rings. The number of carbonyl (C=O) groups excluding carboxylic acids is 1. The van der Waals surface area contributed by atoms with E-state index in [-0.39, 0.29) is 37.4 Å². The minimum Gasteiger partial charge on any atom is -0.406 e. The minimum atomic E-state index is -4.82. The molecule has 0 unspecified atom stereocenters. The van der Waals surface area contributed by atoms with Crippen LogP contribution in [0.5, 0.6) is 5.75 Å². The Labute approximate surface area is 167 Å². The maximum absolute atomic E-state index is 12.5. The van der Waals surface area contributed by atoms with Gasteiger partial charge in [-0.3, -0.25) is 4.79 Å². The van der Waals surface area contributed by atoms with Crippen molar-refractivity contribution in [3.63, 3.8) is 0 Å². The largest absolute Gasteiger partial charge is 0.573 e. The van der Waals surface area contributed by atoms with Crippen LogP contribution in [0.25, 0.3) is 0 Å². The van der Waals surface area contributed by atoms with Gasteiger partial charge in [-0.1, -0.05) is 20.8 Å². The molecule has 1 aromatic carbocycles. The molecule has 1 aromatic rings. The molecule has 0 atom stereocenters. The zero-order valence-corrected chi connectivity index (χ0v) is 17.2. The number of nitrogens with one attached hydrogen (secondary N) is 1. The number of carbonyl (C=O) groups is 1. The number of piperidine rings is 1. The number of hydrogen-bond donors (Lipinski definition) is 2. The predicted molar refractivity (Wildman–Crippen MR) is 101 cm³/mol. The van der Waals surface area contributed by atoms with Gasteiger partial charge in [0.15, 0.2) is 0 Å². The van der Waals surface area contributed by atoms with E-state index in [2.05, 4.69) is 10.1 Å². The third-order valence-electron chi connectivity index (χ3n) is 4.33. The fourth-order valence-corrected chi connectivity index (χ4v) is 5.00. The number of nitrogens with zero attached hydrogens (tertiary/aromatic N) is 1. The summed E-state index contributed by atoms with van der Waals surface area (Å²) in [5, 5.41) is 13.1. The molecule has 164 valence electrons. The van der Waals surface area contributed by atoms with Gasteiger partial charge in [0, 0.05) is 18.8 Å². The molecule has 0 aliphatic carbocycles. The number of anilines is 1. The SMILES string of the molecule is CC(C)(C)CS(=O)(=O)N1CCC(O)(C(=O)Nc2ccc(OC(F)(F)F)cc2)CC1. The van der Waals surface area contributed by atoms with E-state index in [1.807, 2.05) is 20.8 Å². The van der Waals surface area contributed by atoms with Crippen LogP contribution in [0.1, 0.15) is 33.6 Å². The van der Waals surface area contributed by atoms with Crippen molar-refractivity contribution in [2.75, 3.05) is 24.2 Å². The van der Waals surface area contributed by atoms with Gasteiger partial charge >= 0.3 is 6.36 Å². The first-order valence-electron chi connectivity index (χ1n) is 8.97. The third-order valence-corrected chi connectivity index (χ3v) is 6.71. The van der Waals surface area contributed by atoms with Gasteiger partial charge in [0.25, 0.3) is 5.91 Å². The molecule has 0 saturated carbocycles. The Morgan fingerprint density at radius 3 is 2.14 bits per heavy atom. The van der Waals surface area contributed by atoms with Gasteiger partial charge in [-0.05, 0) is 42.5 Å². The van der Waals surface area contributed by atoms with Gasteiger partial charge in [-0.25, -0.2) is 12.7 Å². The van der Waals surface area contributed by atoms with E-state index in [1.165, 1.54) is 16.4 Å². The van der Waals surface area contributed by atoms with E-state index in [0.717, 1.165) is 12.1 Å². The fourth-order valence-electron chi connectivity index (χ4n) is 2.99. The number of rotatable bonds is 5. The van der Waals surface area contributed by atoms with Crippen LogP contribution in [0, 0.1) is 5.41 Å². The second-order valence-electron chi connectivity index (χ2n) is 8.27. The summed E-state index contributed by atoms with van der Waals surface area (Å²) in [6.45, 7) is 5.43. The minimum absolute atomic E-state index is 0.000688. The second-order valence-corrected chi connectivity index (χ2v) is 10.2. The molecule has 1 heterocycles. The highest BCUT2D eigenvalue weighted by atomic mass is 32.2. The Balaban J connectivity index is 1.97. The number of aliphatic hydroxyl groups is 1. The van der Waals surface area contributed by atoms with Gasteiger partial charge in [0.05, 0.1) is 5.75 Å². The van der Waals surface area contributed by atoms with Crippen LogP contribution in [-0.4, -0.2) is 54.5 Å². The first kappa shape index (κ1) is 23.4. The van der Waals surface area contributed by atoms with Crippen molar-refractivity contribution in [2.24, 2.45) is 5.41 Å². The average molecular weight is 438 g/mol. The van der Waals surface area contributed by atoms with Crippen LogP contribution < -0.4 is 10.1 Å². The Morgan fingerprint density at radius 1 is 1.17 bits per heavy atom. The lowest BCUT2D eigenvalue weighted by molar-refractivity contribution is -0.274. The molecular weight excluding hydrogens is 413 g/mol. The number of amides is 1. The fraction of sp³-hybridized carbons (Fsp3) is 0.611. The van der Waals surface area contributed by atoms with E-state index in [0.29, 0.717) is 0 Å². The highest BCUT2D eigenvalue weighted by Crippen LogP contribution is 2.29. The van der Waals surface area contributed by atoms with Crippen LogP contribution in [-0.2, 0) is 14.8 Å². The Kier molecular flexibility index (Phi) is 6.56. The molecule has 0 radical (unpaired) electrons. The van der Waals surface area contributed by atoms with Crippen molar-refractivity contribution in [2.45, 2.75) is 45.6 Å². The van der Waals surface area contributed by atoms with Crippen molar-refractivity contribution in [3.05, 3.63) is 24.3 Å². The smallest absolute Gasteiger partial charge is 0.406 e. The van der Waals surface area contributed by atoms with E-state index < -0.39 is 39.1 Å². The summed E-state index contributed by atoms with van der Waals surface area (Å²) in [5.41, 5.74) is -2.01. The summed E-state index contributed by atoms with van der Waals surface area (Å²) in [6.07, 6.45) is -4.99. The molecule has 1 amide bonds. The highest BCUT2D eigenvalue weighted by Gasteiger charge is 2.42. The van der Waals surface area contributed by atoms with E-state index >= 15 is 0 Å². The summed E-state index contributed by atoms with van der Waals surface area (Å²) >= 11 is 0. The average Bonchev–Trinajstić information content (AvgIpc) is 2.53. The molecule has 29 heavy (non-hydrogen) atoms. The maximum atomic E-state index is 12.5. The topological polar surface area (TPSA) is 95.9 Å². The molecule has 11 heteroatoms. The zero-order valence-electron chi connectivity index (χ0n) is 16.4. The summed E-state index contributed by atoms with van der Waals surface area (Å²) in [5.74, 6) is -1.22. The standard InChI is InChI=1S/C18H25F3N2O5S/c1-16(2,3)12-29(26,27)23-10-8-17(25,9-11-23)15(24)22-13-4-6-14(7-5-13)28-18(19,20)21/h4-7,25H,8-12H2,1-3H3,(H,22,24). The van der Waals surface area contributed by atoms with Crippen LogP contribution in [0.15, 0.2) is 24.3 Å². The molecule has 1 aliphatic heterocycles. The second kappa shape index (κ2) is 8.11. The Morgan fingerprint density at radius 2 is 1.69 bits per heavy atom. The van der Waals surface area contributed by atoms with E-state index in [1.54, 1.807) is 0 Å². The van der Waals surface area contributed by atoms with Crippen molar-refractivity contribution >= 4 is 21.6 Å². The lowest BCUT2D eigenvalue weighted by atomic mass is 9.91. The molecular formula is C18H25F3N2O5S. The van der Waals surface area contributed by atoms with Crippen molar-refractivity contribution in [1.82, 2.24) is 4.31 Å². The number of benzene rings is 1. The Bertz CT molecular complexity index is 825. The van der Waals surface area contributed by atoms with Crippen molar-refractivity contribution in [1.29, 1.82) is 0 Å². The molecule has 0 bridgehead atoms. The van der Waals surface area contributed by atoms with Gasteiger partial charge < -0.3 is 15.2 Å². The van der Waals surface area contributed by atoms with Gasteiger partial charge in [0.2, 0.25) is 10.0 Å². The molecule has 7 nitrogen and oxygen atoms in total. The monoisotopic (exact) mass is 438 g/mol. The molecule has 0 aromatic heterocycles. The molecule has 1 aliphatic rings. The van der Waals surface area contributed by atoms with E-state index in [4.69, 9.17) is 0 Å². The zero-order chi connectivity index (χ0) is 22.1. The summed E-state index contributed by atoms with van der Waals surface area (Å²) in [6, 6.07) is 4.50. The lowest BCUT2D eigenvalue weighted by Gasteiger charge is -2.37. The lowest BCUT2D eigenvalue weighted by Crippen LogP contribution is -2.53. The number of sulfonamides is 1. The number of halogens is 3. The first-order valence-corrected chi connectivity index (χ1v) is 10.6. The quantitative estimate of drug-likeness (QED) is 0.737. The van der Waals surface area contributed by atoms with Gasteiger partial charge in [-0.2, -0.15) is 0 Å². The number of alkyl halides is 3. The van der Waals surface area contributed by atoms with Crippen LogP contribution >= 0.6 is 0 Å².